The zero-order chi connectivity index (χ0) is 14.1. The van der Waals surface area contributed by atoms with Crippen LogP contribution in [-0.4, -0.2) is 33.2 Å². The molecule has 0 saturated carbocycles. The normalized spacial score (nSPS) is 23.5. The summed E-state index contributed by atoms with van der Waals surface area (Å²) in [4.78, 5) is 0. The van der Waals surface area contributed by atoms with Gasteiger partial charge in [0.25, 0.3) is 0 Å². The van der Waals surface area contributed by atoms with E-state index in [9.17, 15) is 0 Å². The highest BCUT2D eigenvalue weighted by Gasteiger charge is 2.28. The minimum Gasteiger partial charge on any atom is -0.375 e. The van der Waals surface area contributed by atoms with E-state index >= 15 is 0 Å². The molecule has 5 heteroatoms. The first-order chi connectivity index (χ1) is 8.76. The second-order valence-corrected chi connectivity index (χ2v) is 7.00. The lowest BCUT2D eigenvalue weighted by atomic mass is 9.94. The quantitative estimate of drug-likeness (QED) is 0.910. The highest BCUT2D eigenvalue weighted by Crippen LogP contribution is 2.24. The van der Waals surface area contributed by atoms with Crippen molar-refractivity contribution >= 4 is 0 Å². The predicted octanol–water partition coefficient (Wildman–Crippen LogP) is 2.08. The molecule has 0 bridgehead atoms. The SMILES string of the molecule is CC1(C)CC(NCc2cn(C(C)(C)C)nn2)CCO1. The summed E-state index contributed by atoms with van der Waals surface area (Å²) in [5, 5.41) is 12.0. The van der Waals surface area contributed by atoms with Crippen LogP contribution >= 0.6 is 0 Å². The number of nitrogens with zero attached hydrogens (tertiary/aromatic N) is 3. The van der Waals surface area contributed by atoms with Gasteiger partial charge in [-0.05, 0) is 47.5 Å². The van der Waals surface area contributed by atoms with Gasteiger partial charge in [0.2, 0.25) is 0 Å². The van der Waals surface area contributed by atoms with Crippen LogP contribution < -0.4 is 5.32 Å². The first-order valence-electron chi connectivity index (χ1n) is 7.05. The summed E-state index contributed by atoms with van der Waals surface area (Å²) >= 11 is 0. The van der Waals surface area contributed by atoms with E-state index in [1.807, 2.05) is 10.9 Å². The van der Waals surface area contributed by atoms with Crippen LogP contribution in [0.2, 0.25) is 0 Å². The summed E-state index contributed by atoms with van der Waals surface area (Å²) in [7, 11) is 0. The first kappa shape index (κ1) is 14.5. The molecule has 0 amide bonds. The summed E-state index contributed by atoms with van der Waals surface area (Å²) in [6.07, 6.45) is 4.13. The molecule has 2 heterocycles. The summed E-state index contributed by atoms with van der Waals surface area (Å²) < 4.78 is 7.64. The Bertz CT molecular complexity index is 419. The molecule has 0 aliphatic carbocycles. The van der Waals surface area contributed by atoms with Crippen molar-refractivity contribution in [2.24, 2.45) is 0 Å². The van der Waals surface area contributed by atoms with E-state index in [1.54, 1.807) is 0 Å². The standard InChI is InChI=1S/C14H26N4O/c1-13(2,3)18-10-12(16-17-18)9-15-11-6-7-19-14(4,5)8-11/h10-11,15H,6-9H2,1-5H3. The van der Waals surface area contributed by atoms with E-state index in [2.05, 4.69) is 50.2 Å². The third-order valence-electron chi connectivity index (χ3n) is 3.50. The lowest BCUT2D eigenvalue weighted by Gasteiger charge is -2.35. The molecule has 0 spiro atoms. The van der Waals surface area contributed by atoms with Crippen LogP contribution in [0.1, 0.15) is 53.2 Å². The van der Waals surface area contributed by atoms with Crippen LogP contribution in [0.4, 0.5) is 0 Å². The topological polar surface area (TPSA) is 52.0 Å². The van der Waals surface area contributed by atoms with Crippen molar-refractivity contribution in [2.45, 2.75) is 71.2 Å². The van der Waals surface area contributed by atoms with Gasteiger partial charge in [-0.15, -0.1) is 5.10 Å². The maximum Gasteiger partial charge on any atom is 0.0965 e. The number of hydrogen-bond donors (Lipinski definition) is 1. The van der Waals surface area contributed by atoms with E-state index < -0.39 is 0 Å². The van der Waals surface area contributed by atoms with E-state index in [0.29, 0.717) is 6.04 Å². The van der Waals surface area contributed by atoms with Crippen LogP contribution in [0.25, 0.3) is 0 Å². The van der Waals surface area contributed by atoms with Gasteiger partial charge >= 0.3 is 0 Å². The van der Waals surface area contributed by atoms with Crippen molar-refractivity contribution in [2.75, 3.05) is 6.61 Å². The molecule has 108 valence electrons. The van der Waals surface area contributed by atoms with Gasteiger partial charge in [0, 0.05) is 19.2 Å². The Labute approximate surface area is 115 Å². The van der Waals surface area contributed by atoms with Crippen molar-refractivity contribution < 1.29 is 4.74 Å². The Morgan fingerprint density at radius 1 is 1.47 bits per heavy atom. The maximum absolute atomic E-state index is 5.72. The van der Waals surface area contributed by atoms with Crippen molar-refractivity contribution in [1.82, 2.24) is 20.3 Å². The predicted molar refractivity (Wildman–Crippen MR) is 74.9 cm³/mol. The van der Waals surface area contributed by atoms with Crippen molar-refractivity contribution in [3.63, 3.8) is 0 Å². The zero-order valence-corrected chi connectivity index (χ0v) is 12.7. The fraction of sp³-hybridized carbons (Fsp3) is 0.857. The lowest BCUT2D eigenvalue weighted by molar-refractivity contribution is -0.0631. The molecule has 1 N–H and O–H groups in total. The van der Waals surface area contributed by atoms with E-state index in [0.717, 1.165) is 31.7 Å². The molecule has 19 heavy (non-hydrogen) atoms. The fourth-order valence-corrected chi connectivity index (χ4v) is 2.36. The fourth-order valence-electron chi connectivity index (χ4n) is 2.36. The molecule has 1 atom stereocenters. The van der Waals surface area contributed by atoms with Gasteiger partial charge in [-0.1, -0.05) is 5.21 Å². The molecule has 1 aromatic rings. The summed E-state index contributed by atoms with van der Waals surface area (Å²) in [5.41, 5.74) is 0.976. The van der Waals surface area contributed by atoms with E-state index in [4.69, 9.17) is 4.74 Å². The van der Waals surface area contributed by atoms with Gasteiger partial charge < -0.3 is 10.1 Å². The average molecular weight is 266 g/mol. The number of nitrogens with one attached hydrogen (secondary N) is 1. The summed E-state index contributed by atoms with van der Waals surface area (Å²) in [6, 6.07) is 0.503. The third-order valence-corrected chi connectivity index (χ3v) is 3.50. The van der Waals surface area contributed by atoms with E-state index in [-0.39, 0.29) is 11.1 Å². The van der Waals surface area contributed by atoms with Gasteiger partial charge in [0.05, 0.1) is 23.0 Å². The molecular weight excluding hydrogens is 240 g/mol. The number of hydrogen-bond acceptors (Lipinski definition) is 4. The Hall–Kier alpha value is -0.940. The first-order valence-corrected chi connectivity index (χ1v) is 7.05. The highest BCUT2D eigenvalue weighted by molar-refractivity contribution is 4.95. The Balaban J connectivity index is 1.87. The molecule has 1 aromatic heterocycles. The summed E-state index contributed by atoms with van der Waals surface area (Å²) in [6.45, 7) is 12.3. The minimum absolute atomic E-state index is 0.00802. The largest absolute Gasteiger partial charge is 0.375 e. The van der Waals surface area contributed by atoms with E-state index in [1.165, 1.54) is 0 Å². The minimum atomic E-state index is -0.0149. The average Bonchev–Trinajstić information content (AvgIpc) is 2.73. The van der Waals surface area contributed by atoms with Crippen molar-refractivity contribution in [3.8, 4) is 0 Å². The van der Waals surface area contributed by atoms with Gasteiger partial charge in [-0.2, -0.15) is 0 Å². The molecule has 1 fully saturated rings. The molecule has 5 nitrogen and oxygen atoms in total. The lowest BCUT2D eigenvalue weighted by Crippen LogP contribution is -2.43. The molecular formula is C14H26N4O. The highest BCUT2D eigenvalue weighted by atomic mass is 16.5. The van der Waals surface area contributed by atoms with Crippen LogP contribution in [0.3, 0.4) is 0 Å². The van der Waals surface area contributed by atoms with Crippen LogP contribution in [-0.2, 0) is 16.8 Å². The number of rotatable bonds is 3. The van der Waals surface area contributed by atoms with Crippen LogP contribution in [0.5, 0.6) is 0 Å². The van der Waals surface area contributed by atoms with Gasteiger partial charge in [-0.3, -0.25) is 0 Å². The van der Waals surface area contributed by atoms with Crippen LogP contribution in [0.15, 0.2) is 6.20 Å². The smallest absolute Gasteiger partial charge is 0.0965 e. The Kier molecular flexibility index (Phi) is 3.97. The molecule has 0 aromatic carbocycles. The van der Waals surface area contributed by atoms with Gasteiger partial charge in [0.1, 0.15) is 0 Å². The Morgan fingerprint density at radius 3 is 2.79 bits per heavy atom. The molecule has 1 aliphatic rings. The Morgan fingerprint density at radius 2 is 2.21 bits per heavy atom. The molecule has 0 radical (unpaired) electrons. The van der Waals surface area contributed by atoms with Gasteiger partial charge in [-0.25, -0.2) is 4.68 Å². The zero-order valence-electron chi connectivity index (χ0n) is 12.7. The second kappa shape index (κ2) is 5.21. The number of ether oxygens (including phenoxy) is 1. The molecule has 1 saturated heterocycles. The monoisotopic (exact) mass is 266 g/mol. The third kappa shape index (κ3) is 4.01. The molecule has 1 aliphatic heterocycles. The second-order valence-electron chi connectivity index (χ2n) is 7.00. The van der Waals surface area contributed by atoms with Crippen molar-refractivity contribution in [3.05, 3.63) is 11.9 Å². The maximum atomic E-state index is 5.72. The van der Waals surface area contributed by atoms with Gasteiger partial charge in [0.15, 0.2) is 0 Å². The summed E-state index contributed by atoms with van der Waals surface area (Å²) in [5.74, 6) is 0. The van der Waals surface area contributed by atoms with Crippen molar-refractivity contribution in [1.29, 1.82) is 0 Å². The van der Waals surface area contributed by atoms with Crippen LogP contribution in [0, 0.1) is 0 Å². The molecule has 1 unspecified atom stereocenters. The molecule has 2 rings (SSSR count). The number of aromatic nitrogens is 3.